The smallest absolute Gasteiger partial charge is 0.229 e. The number of methoxy groups -OCH3 is 1. The van der Waals surface area contributed by atoms with E-state index in [0.29, 0.717) is 12.0 Å². The molecule has 31 heavy (non-hydrogen) atoms. The number of anilines is 4. The third-order valence-electron chi connectivity index (χ3n) is 5.78. The van der Waals surface area contributed by atoms with Gasteiger partial charge in [0.05, 0.1) is 13.3 Å². The zero-order valence-corrected chi connectivity index (χ0v) is 17.8. The van der Waals surface area contributed by atoms with Crippen LogP contribution in [0.1, 0.15) is 37.3 Å². The number of aromatic nitrogens is 4. The van der Waals surface area contributed by atoms with Crippen molar-refractivity contribution >= 4 is 34.4 Å². The highest BCUT2D eigenvalue weighted by atomic mass is 16.5. The van der Waals surface area contributed by atoms with Gasteiger partial charge in [0.2, 0.25) is 11.9 Å². The molecule has 5 rings (SSSR count). The summed E-state index contributed by atoms with van der Waals surface area (Å²) >= 11 is 0. The molecule has 0 atom stereocenters. The van der Waals surface area contributed by atoms with E-state index in [9.17, 15) is 0 Å². The summed E-state index contributed by atoms with van der Waals surface area (Å²) in [6.45, 7) is 2.09. The van der Waals surface area contributed by atoms with E-state index >= 15 is 0 Å². The molecule has 7 nitrogen and oxygen atoms in total. The van der Waals surface area contributed by atoms with Crippen LogP contribution in [0.2, 0.25) is 0 Å². The zero-order chi connectivity index (χ0) is 21.2. The Morgan fingerprint density at radius 2 is 1.58 bits per heavy atom. The molecule has 1 aliphatic carbocycles. The van der Waals surface area contributed by atoms with E-state index in [1.165, 1.54) is 18.4 Å². The van der Waals surface area contributed by atoms with Crippen LogP contribution in [0.25, 0.3) is 11.2 Å². The van der Waals surface area contributed by atoms with E-state index in [0.717, 1.165) is 47.1 Å². The third kappa shape index (κ3) is 4.03. The van der Waals surface area contributed by atoms with Crippen LogP contribution in [0.4, 0.5) is 23.3 Å². The summed E-state index contributed by atoms with van der Waals surface area (Å²) in [6, 6.07) is 16.5. The Kier molecular flexibility index (Phi) is 5.16. The fraction of sp³-hybridized carbons (Fsp3) is 0.292. The van der Waals surface area contributed by atoms with Crippen LogP contribution in [-0.4, -0.2) is 26.6 Å². The third-order valence-corrected chi connectivity index (χ3v) is 5.78. The van der Waals surface area contributed by atoms with Gasteiger partial charge in [0.15, 0.2) is 5.65 Å². The largest absolute Gasteiger partial charge is 0.497 e. The first kappa shape index (κ1) is 19.4. The van der Waals surface area contributed by atoms with Crippen molar-refractivity contribution < 1.29 is 4.74 Å². The quantitative estimate of drug-likeness (QED) is 0.419. The predicted octanol–water partition coefficient (Wildman–Crippen LogP) is 5.75. The average Bonchev–Trinajstić information content (AvgIpc) is 3.43. The van der Waals surface area contributed by atoms with Crippen molar-refractivity contribution in [2.24, 2.45) is 0 Å². The summed E-state index contributed by atoms with van der Waals surface area (Å²) in [4.78, 5) is 14.2. The molecule has 2 heterocycles. The minimum atomic E-state index is 0.390. The number of rotatable bonds is 6. The number of hydrogen-bond donors (Lipinski definition) is 2. The molecule has 1 fully saturated rings. The molecule has 0 amide bonds. The molecule has 0 bridgehead atoms. The first-order chi connectivity index (χ1) is 15.2. The molecule has 0 radical (unpaired) electrons. The molecule has 1 aliphatic rings. The lowest BCUT2D eigenvalue weighted by Crippen LogP contribution is -2.10. The Balaban J connectivity index is 1.51. The summed E-state index contributed by atoms with van der Waals surface area (Å²) in [5.41, 5.74) is 4.80. The molecule has 0 unspecified atom stereocenters. The second-order valence-electron chi connectivity index (χ2n) is 7.99. The van der Waals surface area contributed by atoms with Crippen molar-refractivity contribution in [3.05, 3.63) is 60.3 Å². The Morgan fingerprint density at radius 1 is 0.903 bits per heavy atom. The Hall–Kier alpha value is -3.61. The topological polar surface area (TPSA) is 76.9 Å². The Morgan fingerprint density at radius 3 is 2.29 bits per heavy atom. The Labute approximate surface area is 181 Å². The molecule has 1 saturated carbocycles. The molecule has 0 saturated heterocycles. The van der Waals surface area contributed by atoms with Gasteiger partial charge in [-0.1, -0.05) is 30.5 Å². The van der Waals surface area contributed by atoms with Crippen molar-refractivity contribution in [3.8, 4) is 5.75 Å². The lowest BCUT2D eigenvalue weighted by molar-refractivity contribution is 0.415. The molecule has 2 aromatic carbocycles. The van der Waals surface area contributed by atoms with Gasteiger partial charge in [-0.05, 0) is 56.2 Å². The van der Waals surface area contributed by atoms with Gasteiger partial charge in [-0.25, -0.2) is 9.97 Å². The van der Waals surface area contributed by atoms with E-state index < -0.39 is 0 Å². The minimum absolute atomic E-state index is 0.390. The molecule has 2 N–H and O–H groups in total. The van der Waals surface area contributed by atoms with Gasteiger partial charge in [-0.2, -0.15) is 4.98 Å². The van der Waals surface area contributed by atoms with Gasteiger partial charge < -0.3 is 15.4 Å². The summed E-state index contributed by atoms with van der Waals surface area (Å²) in [5.74, 6) is 2.19. The standard InChI is InChI=1S/C24H26N6O/c1-16-7-9-18(10-8-16)27-24-28-21-15-25-23(26-17-11-13-20(31-2)14-12-17)29-22(21)30(24)19-5-3-4-6-19/h7-15,19H,3-6H2,1-2H3,(H,27,28)(H,25,26,29). The molecule has 0 aliphatic heterocycles. The van der Waals surface area contributed by atoms with E-state index in [2.05, 4.69) is 51.4 Å². The zero-order valence-electron chi connectivity index (χ0n) is 17.8. The number of benzene rings is 2. The van der Waals surface area contributed by atoms with E-state index in [1.54, 1.807) is 13.3 Å². The van der Waals surface area contributed by atoms with Crippen molar-refractivity contribution in [1.29, 1.82) is 0 Å². The maximum absolute atomic E-state index is 5.23. The van der Waals surface area contributed by atoms with Crippen LogP contribution >= 0.6 is 0 Å². The summed E-state index contributed by atoms with van der Waals surface area (Å²) < 4.78 is 7.48. The SMILES string of the molecule is COc1ccc(Nc2ncc3nc(Nc4ccc(C)cc4)n(C4CCCC4)c3n2)cc1. The number of nitrogens with one attached hydrogen (secondary N) is 2. The Bertz CT molecular complexity index is 1180. The van der Waals surface area contributed by atoms with Crippen LogP contribution in [0.15, 0.2) is 54.7 Å². The molecule has 158 valence electrons. The van der Waals surface area contributed by atoms with Gasteiger partial charge >= 0.3 is 0 Å². The van der Waals surface area contributed by atoms with Gasteiger partial charge in [-0.3, -0.25) is 4.57 Å². The summed E-state index contributed by atoms with van der Waals surface area (Å²) in [5, 5.41) is 6.79. The normalized spacial score (nSPS) is 14.1. The maximum atomic E-state index is 5.23. The first-order valence-corrected chi connectivity index (χ1v) is 10.7. The number of imidazole rings is 1. The summed E-state index contributed by atoms with van der Waals surface area (Å²) in [6.07, 6.45) is 6.53. The highest BCUT2D eigenvalue weighted by Crippen LogP contribution is 2.36. The number of nitrogens with zero attached hydrogens (tertiary/aromatic N) is 4. The number of aryl methyl sites for hydroxylation is 1. The fourth-order valence-corrected chi connectivity index (χ4v) is 4.12. The number of fused-ring (bicyclic) bond motifs is 1. The second kappa shape index (κ2) is 8.26. The van der Waals surface area contributed by atoms with Crippen LogP contribution in [0.5, 0.6) is 5.75 Å². The molecule has 0 spiro atoms. The summed E-state index contributed by atoms with van der Waals surface area (Å²) in [7, 11) is 1.66. The highest BCUT2D eigenvalue weighted by Gasteiger charge is 2.24. The van der Waals surface area contributed by atoms with Crippen molar-refractivity contribution in [3.63, 3.8) is 0 Å². The molecular weight excluding hydrogens is 388 g/mol. The first-order valence-electron chi connectivity index (χ1n) is 10.7. The average molecular weight is 415 g/mol. The second-order valence-corrected chi connectivity index (χ2v) is 7.99. The van der Waals surface area contributed by atoms with Crippen LogP contribution < -0.4 is 15.4 Å². The highest BCUT2D eigenvalue weighted by molar-refractivity contribution is 5.77. The molecule has 4 aromatic rings. The predicted molar refractivity (Wildman–Crippen MR) is 124 cm³/mol. The molecule has 7 heteroatoms. The van der Waals surface area contributed by atoms with Crippen molar-refractivity contribution in [2.45, 2.75) is 38.6 Å². The minimum Gasteiger partial charge on any atom is -0.497 e. The lowest BCUT2D eigenvalue weighted by Gasteiger charge is -2.16. The lowest BCUT2D eigenvalue weighted by atomic mass is 10.2. The molecule has 2 aromatic heterocycles. The van der Waals surface area contributed by atoms with Crippen molar-refractivity contribution in [2.75, 3.05) is 17.7 Å². The van der Waals surface area contributed by atoms with Gasteiger partial charge in [0.1, 0.15) is 11.3 Å². The van der Waals surface area contributed by atoms with Gasteiger partial charge in [-0.15, -0.1) is 0 Å². The molecular formula is C24H26N6O. The monoisotopic (exact) mass is 414 g/mol. The van der Waals surface area contributed by atoms with E-state index in [-0.39, 0.29) is 0 Å². The van der Waals surface area contributed by atoms with Gasteiger partial charge in [0.25, 0.3) is 0 Å². The van der Waals surface area contributed by atoms with Crippen LogP contribution in [0, 0.1) is 6.92 Å². The van der Waals surface area contributed by atoms with Crippen LogP contribution in [0.3, 0.4) is 0 Å². The van der Waals surface area contributed by atoms with E-state index in [1.807, 2.05) is 24.3 Å². The number of ether oxygens (including phenoxy) is 1. The number of hydrogen-bond acceptors (Lipinski definition) is 6. The van der Waals surface area contributed by atoms with Crippen LogP contribution in [-0.2, 0) is 0 Å². The van der Waals surface area contributed by atoms with Crippen molar-refractivity contribution in [1.82, 2.24) is 19.5 Å². The maximum Gasteiger partial charge on any atom is 0.229 e. The fourth-order valence-electron chi connectivity index (χ4n) is 4.12. The van der Waals surface area contributed by atoms with E-state index in [4.69, 9.17) is 14.7 Å². The van der Waals surface area contributed by atoms with Gasteiger partial charge in [0, 0.05) is 17.4 Å².